The van der Waals surface area contributed by atoms with Gasteiger partial charge in [-0.3, -0.25) is 9.59 Å². The molecule has 1 unspecified atom stereocenters. The molecule has 0 aromatic heterocycles. The highest BCUT2D eigenvalue weighted by molar-refractivity contribution is 5.88. The number of hydrogen-bond donors (Lipinski definition) is 1. The summed E-state index contributed by atoms with van der Waals surface area (Å²) >= 11 is 0. The van der Waals surface area contributed by atoms with Gasteiger partial charge in [0.05, 0.1) is 12.6 Å². The summed E-state index contributed by atoms with van der Waals surface area (Å²) in [5.74, 6) is 1.03. The zero-order chi connectivity index (χ0) is 15.8. The second-order valence-electron chi connectivity index (χ2n) is 5.09. The number of ketones is 1. The highest BCUT2D eigenvalue weighted by atomic mass is 16.5. The summed E-state index contributed by atoms with van der Waals surface area (Å²) in [6.07, 6.45) is 0. The maximum Gasteiger partial charge on any atom is 0.258 e. The molecule has 1 atom stereocenters. The Morgan fingerprint density at radius 3 is 2.05 bits per heavy atom. The Morgan fingerprint density at radius 1 is 1.10 bits per heavy atom. The number of amides is 1. The van der Waals surface area contributed by atoms with E-state index >= 15 is 0 Å². The quantitative estimate of drug-likeness (QED) is 0.798. The van der Waals surface area contributed by atoms with Crippen molar-refractivity contribution in [3.05, 3.63) is 24.3 Å². The SMILES string of the molecule is CCOc1ccc(OCC(=O)NC(C(C)=O)C(C)C)cc1. The maximum atomic E-state index is 11.8. The van der Waals surface area contributed by atoms with Crippen LogP contribution in [-0.4, -0.2) is 30.9 Å². The van der Waals surface area contributed by atoms with Crippen molar-refractivity contribution in [1.82, 2.24) is 5.32 Å². The molecule has 0 spiro atoms. The molecule has 0 aliphatic rings. The van der Waals surface area contributed by atoms with Crippen LogP contribution < -0.4 is 14.8 Å². The molecule has 0 aliphatic carbocycles. The van der Waals surface area contributed by atoms with Crippen molar-refractivity contribution >= 4 is 11.7 Å². The van der Waals surface area contributed by atoms with E-state index in [1.165, 1.54) is 6.92 Å². The van der Waals surface area contributed by atoms with E-state index in [1.807, 2.05) is 20.8 Å². The molecule has 0 bridgehead atoms. The standard InChI is InChI=1S/C16H23NO4/c1-5-20-13-6-8-14(9-7-13)21-10-15(19)17-16(11(2)3)12(4)18/h6-9,11,16H,5,10H2,1-4H3,(H,17,19). The number of Topliss-reactive ketones (excluding diaryl/α,β-unsaturated/α-hetero) is 1. The lowest BCUT2D eigenvalue weighted by atomic mass is 10.0. The number of benzene rings is 1. The van der Waals surface area contributed by atoms with Gasteiger partial charge in [0.15, 0.2) is 12.4 Å². The highest BCUT2D eigenvalue weighted by Crippen LogP contribution is 2.17. The molecule has 116 valence electrons. The molecule has 0 radical (unpaired) electrons. The number of ether oxygens (including phenoxy) is 2. The minimum absolute atomic E-state index is 0.0527. The monoisotopic (exact) mass is 293 g/mol. The third-order valence-corrected chi connectivity index (χ3v) is 2.93. The Morgan fingerprint density at radius 2 is 1.62 bits per heavy atom. The molecule has 1 amide bonds. The molecule has 0 saturated carbocycles. The van der Waals surface area contributed by atoms with Gasteiger partial charge in [0, 0.05) is 0 Å². The van der Waals surface area contributed by atoms with Gasteiger partial charge in [-0.15, -0.1) is 0 Å². The van der Waals surface area contributed by atoms with Gasteiger partial charge in [-0.05, 0) is 44.0 Å². The van der Waals surface area contributed by atoms with Crippen molar-refractivity contribution < 1.29 is 19.1 Å². The van der Waals surface area contributed by atoms with Crippen LogP contribution >= 0.6 is 0 Å². The molecule has 0 saturated heterocycles. The zero-order valence-corrected chi connectivity index (χ0v) is 13.0. The fraction of sp³-hybridized carbons (Fsp3) is 0.500. The van der Waals surface area contributed by atoms with E-state index in [-0.39, 0.29) is 24.2 Å². The number of hydrogen-bond acceptors (Lipinski definition) is 4. The maximum absolute atomic E-state index is 11.8. The minimum atomic E-state index is -0.471. The van der Waals surface area contributed by atoms with Crippen LogP contribution in [0.15, 0.2) is 24.3 Å². The van der Waals surface area contributed by atoms with Crippen molar-refractivity contribution in [3.63, 3.8) is 0 Å². The van der Waals surface area contributed by atoms with Gasteiger partial charge in [0.2, 0.25) is 0 Å². The fourth-order valence-corrected chi connectivity index (χ4v) is 1.90. The molecule has 0 aliphatic heterocycles. The lowest BCUT2D eigenvalue weighted by Crippen LogP contribution is -2.45. The summed E-state index contributed by atoms with van der Waals surface area (Å²) in [6, 6.07) is 6.57. The molecular weight excluding hydrogens is 270 g/mol. The molecule has 21 heavy (non-hydrogen) atoms. The largest absolute Gasteiger partial charge is 0.494 e. The van der Waals surface area contributed by atoms with Crippen LogP contribution in [0.2, 0.25) is 0 Å². The summed E-state index contributed by atoms with van der Waals surface area (Å²) in [4.78, 5) is 23.2. The zero-order valence-electron chi connectivity index (χ0n) is 13.0. The van der Waals surface area contributed by atoms with Crippen molar-refractivity contribution in [2.45, 2.75) is 33.7 Å². The molecule has 5 nitrogen and oxygen atoms in total. The molecule has 1 aromatic rings. The van der Waals surface area contributed by atoms with Crippen LogP contribution in [0.5, 0.6) is 11.5 Å². The Hall–Kier alpha value is -2.04. The van der Waals surface area contributed by atoms with Gasteiger partial charge < -0.3 is 14.8 Å². The second-order valence-corrected chi connectivity index (χ2v) is 5.09. The summed E-state index contributed by atoms with van der Waals surface area (Å²) in [5.41, 5.74) is 0. The summed E-state index contributed by atoms with van der Waals surface area (Å²) in [6.45, 7) is 7.64. The van der Waals surface area contributed by atoms with E-state index in [1.54, 1.807) is 24.3 Å². The van der Waals surface area contributed by atoms with Crippen molar-refractivity contribution in [2.24, 2.45) is 5.92 Å². The first kappa shape index (κ1) is 17.0. The fourth-order valence-electron chi connectivity index (χ4n) is 1.90. The van der Waals surface area contributed by atoms with Crippen molar-refractivity contribution in [3.8, 4) is 11.5 Å². The predicted octanol–water partition coefficient (Wildman–Crippen LogP) is 2.19. The molecular formula is C16H23NO4. The topological polar surface area (TPSA) is 64.6 Å². The molecule has 1 aromatic carbocycles. The lowest BCUT2D eigenvalue weighted by molar-refractivity contribution is -0.129. The first-order valence-corrected chi connectivity index (χ1v) is 7.09. The molecule has 0 fully saturated rings. The predicted molar refractivity (Wildman–Crippen MR) is 80.6 cm³/mol. The van der Waals surface area contributed by atoms with Crippen LogP contribution in [0.3, 0.4) is 0 Å². The van der Waals surface area contributed by atoms with E-state index in [4.69, 9.17) is 9.47 Å². The Balaban J connectivity index is 2.47. The van der Waals surface area contributed by atoms with E-state index in [0.29, 0.717) is 12.4 Å². The van der Waals surface area contributed by atoms with Crippen LogP contribution in [-0.2, 0) is 9.59 Å². The average molecular weight is 293 g/mol. The minimum Gasteiger partial charge on any atom is -0.494 e. The molecule has 1 N–H and O–H groups in total. The second kappa shape index (κ2) is 8.29. The number of carbonyl (C=O) groups excluding carboxylic acids is 2. The van der Waals surface area contributed by atoms with Gasteiger partial charge >= 0.3 is 0 Å². The first-order valence-electron chi connectivity index (χ1n) is 7.09. The van der Waals surface area contributed by atoms with E-state index in [0.717, 1.165) is 5.75 Å². The van der Waals surface area contributed by atoms with E-state index < -0.39 is 6.04 Å². The third kappa shape index (κ3) is 5.85. The van der Waals surface area contributed by atoms with E-state index in [2.05, 4.69) is 5.32 Å². The Bertz CT molecular complexity index is 468. The third-order valence-electron chi connectivity index (χ3n) is 2.93. The molecule has 0 heterocycles. The summed E-state index contributed by atoms with van der Waals surface area (Å²) in [7, 11) is 0. The highest BCUT2D eigenvalue weighted by Gasteiger charge is 2.20. The Kier molecular flexibility index (Phi) is 6.72. The van der Waals surface area contributed by atoms with Crippen molar-refractivity contribution in [2.75, 3.05) is 13.2 Å². The summed E-state index contributed by atoms with van der Waals surface area (Å²) in [5, 5.41) is 2.68. The molecule has 1 rings (SSSR count). The van der Waals surface area contributed by atoms with Crippen LogP contribution in [0.4, 0.5) is 0 Å². The Labute approximate surface area is 125 Å². The van der Waals surface area contributed by atoms with Gasteiger partial charge in [-0.1, -0.05) is 13.8 Å². The first-order chi connectivity index (χ1) is 9.93. The normalized spacial score (nSPS) is 11.9. The smallest absolute Gasteiger partial charge is 0.258 e. The lowest BCUT2D eigenvalue weighted by Gasteiger charge is -2.19. The van der Waals surface area contributed by atoms with Gasteiger partial charge in [0.1, 0.15) is 11.5 Å². The van der Waals surface area contributed by atoms with Gasteiger partial charge in [-0.25, -0.2) is 0 Å². The summed E-state index contributed by atoms with van der Waals surface area (Å²) < 4.78 is 10.7. The molecule has 5 heteroatoms. The van der Waals surface area contributed by atoms with Gasteiger partial charge in [0.25, 0.3) is 5.91 Å². The number of nitrogens with one attached hydrogen (secondary N) is 1. The number of carbonyl (C=O) groups is 2. The van der Waals surface area contributed by atoms with Crippen LogP contribution in [0.1, 0.15) is 27.7 Å². The van der Waals surface area contributed by atoms with Crippen molar-refractivity contribution in [1.29, 1.82) is 0 Å². The average Bonchev–Trinajstić information content (AvgIpc) is 2.43. The number of rotatable bonds is 8. The van der Waals surface area contributed by atoms with Crippen LogP contribution in [0, 0.1) is 5.92 Å². The van der Waals surface area contributed by atoms with Crippen LogP contribution in [0.25, 0.3) is 0 Å². The van der Waals surface area contributed by atoms with Gasteiger partial charge in [-0.2, -0.15) is 0 Å². The van der Waals surface area contributed by atoms with E-state index in [9.17, 15) is 9.59 Å².